The molecule has 1 aromatic carbocycles. The average Bonchev–Trinajstić information content (AvgIpc) is 2.97. The lowest BCUT2D eigenvalue weighted by Crippen LogP contribution is -2.36. The van der Waals surface area contributed by atoms with Crippen LogP contribution in [-0.4, -0.2) is 32.0 Å². The molecular weight excluding hydrogens is 338 g/mol. The number of carbonyl (C=O) groups excluding carboxylic acids is 1. The Kier molecular flexibility index (Phi) is 3.72. The van der Waals surface area contributed by atoms with Crippen LogP contribution in [0.1, 0.15) is 39.6 Å². The Bertz CT molecular complexity index is 1010. The van der Waals surface area contributed by atoms with Crippen molar-refractivity contribution in [2.24, 2.45) is 0 Å². The quantitative estimate of drug-likeness (QED) is 0.672. The molecule has 0 saturated carbocycles. The fourth-order valence-electron chi connectivity index (χ4n) is 3.50. The molecule has 3 heterocycles. The number of aromatic nitrogens is 4. The number of halogens is 1. The number of hydrogen-bond donors (Lipinski definition) is 0. The molecule has 1 amide bonds. The third-order valence-corrected chi connectivity index (χ3v) is 4.71. The van der Waals surface area contributed by atoms with Crippen molar-refractivity contribution < 1.29 is 4.79 Å². The number of amides is 1. The van der Waals surface area contributed by atoms with Crippen molar-refractivity contribution >= 4 is 29.0 Å². The Morgan fingerprint density at radius 1 is 1.16 bits per heavy atom. The van der Waals surface area contributed by atoms with Gasteiger partial charge in [0.2, 0.25) is 5.82 Å². The van der Waals surface area contributed by atoms with E-state index in [0.717, 1.165) is 41.0 Å². The Balaban J connectivity index is 1.79. The highest BCUT2D eigenvalue weighted by atomic mass is 35.5. The molecule has 1 aliphatic heterocycles. The second-order valence-corrected chi connectivity index (χ2v) is 6.91. The Morgan fingerprint density at radius 3 is 2.76 bits per heavy atom. The van der Waals surface area contributed by atoms with Gasteiger partial charge in [-0.05, 0) is 62.9 Å². The van der Waals surface area contributed by atoms with Crippen LogP contribution < -0.4 is 4.90 Å². The molecule has 0 atom stereocenters. The molecule has 0 N–H and O–H groups in total. The molecule has 1 aliphatic rings. The van der Waals surface area contributed by atoms with Gasteiger partial charge >= 0.3 is 0 Å². The first-order chi connectivity index (χ1) is 11.9. The topological polar surface area (TPSA) is 63.4 Å². The minimum atomic E-state index is -0.200. The summed E-state index contributed by atoms with van der Waals surface area (Å²) in [5.41, 5.74) is 4.77. The molecule has 0 fully saturated rings. The molecule has 0 spiro atoms. The lowest BCUT2D eigenvalue weighted by atomic mass is 9.98. The monoisotopic (exact) mass is 355 g/mol. The zero-order valence-corrected chi connectivity index (χ0v) is 15.1. The minimum absolute atomic E-state index is 0.170. The smallest absolute Gasteiger partial charge is 0.298 e. The summed E-state index contributed by atoms with van der Waals surface area (Å²) in [7, 11) is 0. The molecular formula is C18H18ClN5O. The van der Waals surface area contributed by atoms with Crippen LogP contribution >= 0.6 is 11.6 Å². The van der Waals surface area contributed by atoms with Gasteiger partial charge in [0.05, 0.1) is 5.69 Å². The molecule has 7 heteroatoms. The maximum Gasteiger partial charge on any atom is 0.298 e. The summed E-state index contributed by atoms with van der Waals surface area (Å²) in [6.45, 7) is 6.45. The van der Waals surface area contributed by atoms with E-state index >= 15 is 0 Å². The number of anilines is 1. The van der Waals surface area contributed by atoms with Crippen LogP contribution in [0.2, 0.25) is 5.02 Å². The summed E-state index contributed by atoms with van der Waals surface area (Å²) in [6.07, 6.45) is 1.81. The van der Waals surface area contributed by atoms with E-state index in [4.69, 9.17) is 11.6 Å². The van der Waals surface area contributed by atoms with Crippen molar-refractivity contribution in [3.05, 3.63) is 51.6 Å². The Labute approximate surface area is 150 Å². The van der Waals surface area contributed by atoms with Crippen LogP contribution in [0, 0.1) is 20.8 Å². The molecule has 2 aromatic heterocycles. The van der Waals surface area contributed by atoms with Crippen molar-refractivity contribution in [2.45, 2.75) is 33.6 Å². The van der Waals surface area contributed by atoms with Gasteiger partial charge in [0.1, 0.15) is 0 Å². The number of carbonyl (C=O) groups is 1. The van der Waals surface area contributed by atoms with Crippen molar-refractivity contribution in [1.29, 1.82) is 0 Å². The van der Waals surface area contributed by atoms with E-state index in [1.54, 1.807) is 9.42 Å². The summed E-state index contributed by atoms with van der Waals surface area (Å²) >= 11 is 6.17. The molecule has 0 saturated heterocycles. The van der Waals surface area contributed by atoms with Crippen LogP contribution in [-0.2, 0) is 6.42 Å². The van der Waals surface area contributed by atoms with Crippen LogP contribution in [0.3, 0.4) is 0 Å². The first kappa shape index (κ1) is 16.0. The van der Waals surface area contributed by atoms with Gasteiger partial charge in [-0.25, -0.2) is 9.50 Å². The van der Waals surface area contributed by atoms with Gasteiger partial charge < -0.3 is 4.90 Å². The SMILES string of the molecule is Cc1cc(C)n2nc(C(=O)N3CCCc4cc(Cl)cc(C)c43)nc2n1. The van der Waals surface area contributed by atoms with Crippen LogP contribution in [0.4, 0.5) is 5.69 Å². The number of nitrogens with zero attached hydrogens (tertiary/aromatic N) is 5. The summed E-state index contributed by atoms with van der Waals surface area (Å²) in [6, 6.07) is 5.74. The Hall–Kier alpha value is -2.47. The Morgan fingerprint density at radius 2 is 1.96 bits per heavy atom. The van der Waals surface area contributed by atoms with E-state index in [1.807, 2.05) is 39.0 Å². The highest BCUT2D eigenvalue weighted by Gasteiger charge is 2.28. The summed E-state index contributed by atoms with van der Waals surface area (Å²) in [5, 5.41) is 5.08. The highest BCUT2D eigenvalue weighted by molar-refractivity contribution is 6.31. The maximum atomic E-state index is 13.1. The first-order valence-corrected chi connectivity index (χ1v) is 8.64. The van der Waals surface area contributed by atoms with Crippen LogP contribution in [0.15, 0.2) is 18.2 Å². The van der Waals surface area contributed by atoms with E-state index in [0.29, 0.717) is 17.3 Å². The third kappa shape index (κ3) is 2.66. The van der Waals surface area contributed by atoms with Gasteiger partial charge in [0, 0.05) is 23.0 Å². The number of fused-ring (bicyclic) bond motifs is 2. The van der Waals surface area contributed by atoms with Gasteiger partial charge in [-0.2, -0.15) is 4.98 Å². The molecule has 4 rings (SSSR count). The van der Waals surface area contributed by atoms with Gasteiger partial charge in [-0.15, -0.1) is 5.10 Å². The van der Waals surface area contributed by atoms with E-state index in [1.165, 1.54) is 0 Å². The zero-order chi connectivity index (χ0) is 17.7. The molecule has 25 heavy (non-hydrogen) atoms. The van der Waals surface area contributed by atoms with E-state index in [9.17, 15) is 4.79 Å². The molecule has 128 valence electrons. The largest absolute Gasteiger partial charge is 0.305 e. The molecule has 3 aromatic rings. The number of rotatable bonds is 1. The molecule has 0 aliphatic carbocycles. The second-order valence-electron chi connectivity index (χ2n) is 6.48. The summed E-state index contributed by atoms with van der Waals surface area (Å²) in [5.74, 6) is 0.420. The van der Waals surface area contributed by atoms with E-state index in [-0.39, 0.29) is 11.7 Å². The fraction of sp³-hybridized carbons (Fsp3) is 0.333. The van der Waals surface area contributed by atoms with E-state index < -0.39 is 0 Å². The second kappa shape index (κ2) is 5.81. The number of hydrogen-bond acceptors (Lipinski definition) is 4. The molecule has 0 unspecified atom stereocenters. The number of benzene rings is 1. The maximum absolute atomic E-state index is 13.1. The fourth-order valence-corrected chi connectivity index (χ4v) is 3.80. The van der Waals surface area contributed by atoms with Crippen molar-refractivity contribution in [2.75, 3.05) is 11.4 Å². The normalized spacial score (nSPS) is 14.0. The standard InChI is InChI=1S/C18H18ClN5O/c1-10-7-14(19)9-13-5-4-6-23(15(10)13)17(25)16-21-18-20-11(2)8-12(3)24(18)22-16/h7-9H,4-6H2,1-3H3. The molecule has 0 radical (unpaired) electrons. The lowest BCUT2D eigenvalue weighted by molar-refractivity contribution is 0.0975. The predicted octanol–water partition coefficient (Wildman–Crippen LogP) is 3.30. The lowest BCUT2D eigenvalue weighted by Gasteiger charge is -2.30. The van der Waals surface area contributed by atoms with Gasteiger partial charge in [0.25, 0.3) is 11.7 Å². The van der Waals surface area contributed by atoms with Gasteiger partial charge in [-0.1, -0.05) is 11.6 Å². The van der Waals surface area contributed by atoms with Crippen LogP contribution in [0.5, 0.6) is 0 Å². The van der Waals surface area contributed by atoms with Gasteiger partial charge in [0.15, 0.2) is 0 Å². The van der Waals surface area contributed by atoms with Crippen molar-refractivity contribution in [1.82, 2.24) is 19.6 Å². The minimum Gasteiger partial charge on any atom is -0.305 e. The number of aryl methyl sites for hydroxylation is 4. The molecule has 6 nitrogen and oxygen atoms in total. The van der Waals surface area contributed by atoms with Gasteiger partial charge in [-0.3, -0.25) is 4.79 Å². The highest BCUT2D eigenvalue weighted by Crippen LogP contribution is 2.34. The summed E-state index contributed by atoms with van der Waals surface area (Å²) < 4.78 is 1.61. The average molecular weight is 356 g/mol. The first-order valence-electron chi connectivity index (χ1n) is 8.26. The zero-order valence-electron chi connectivity index (χ0n) is 14.4. The van der Waals surface area contributed by atoms with Crippen LogP contribution in [0.25, 0.3) is 5.78 Å². The van der Waals surface area contributed by atoms with Crippen molar-refractivity contribution in [3.8, 4) is 0 Å². The van der Waals surface area contributed by atoms with E-state index in [2.05, 4.69) is 15.1 Å². The predicted molar refractivity (Wildman–Crippen MR) is 96.4 cm³/mol. The molecule has 0 bridgehead atoms. The third-order valence-electron chi connectivity index (χ3n) is 4.50. The van der Waals surface area contributed by atoms with Crippen molar-refractivity contribution in [3.63, 3.8) is 0 Å². The summed E-state index contributed by atoms with van der Waals surface area (Å²) in [4.78, 5) is 23.6.